The molecule has 0 radical (unpaired) electrons. The molecule has 6 nitrogen and oxygen atoms in total. The number of guanidine groups is 1. The van der Waals surface area contributed by atoms with Crippen molar-refractivity contribution in [1.29, 1.82) is 0 Å². The minimum atomic E-state index is -1.13. The van der Waals surface area contributed by atoms with Crippen molar-refractivity contribution >= 4 is 11.9 Å². The fourth-order valence-corrected chi connectivity index (χ4v) is 1.13. The molecular formula is C9H20N4O2. The van der Waals surface area contributed by atoms with Crippen molar-refractivity contribution in [3.8, 4) is 0 Å². The van der Waals surface area contributed by atoms with Gasteiger partial charge in [0.15, 0.2) is 5.96 Å². The average molecular weight is 216 g/mol. The number of carboxylic acids is 1. The van der Waals surface area contributed by atoms with Crippen molar-refractivity contribution in [3.63, 3.8) is 0 Å². The third kappa shape index (κ3) is 4.64. The maximum absolute atomic E-state index is 10.8. The van der Waals surface area contributed by atoms with Gasteiger partial charge in [-0.15, -0.1) is 0 Å². The molecule has 0 aromatic heterocycles. The first-order chi connectivity index (χ1) is 6.96. The van der Waals surface area contributed by atoms with E-state index in [1.807, 2.05) is 0 Å². The molecule has 88 valence electrons. The van der Waals surface area contributed by atoms with Crippen LogP contribution in [0.3, 0.4) is 0 Å². The highest BCUT2D eigenvalue weighted by Gasteiger charge is 2.30. The molecule has 0 amide bonds. The molecule has 0 saturated carbocycles. The van der Waals surface area contributed by atoms with Gasteiger partial charge in [0.1, 0.15) is 5.54 Å². The number of nitrogens with zero attached hydrogens (tertiary/aromatic N) is 1. The molecule has 0 saturated heterocycles. The van der Waals surface area contributed by atoms with Crippen LogP contribution in [-0.4, -0.2) is 36.2 Å². The van der Waals surface area contributed by atoms with Crippen LogP contribution in [0.4, 0.5) is 0 Å². The predicted molar refractivity (Wildman–Crippen MR) is 59.6 cm³/mol. The number of hydrogen-bond acceptors (Lipinski definition) is 3. The molecule has 0 aromatic rings. The van der Waals surface area contributed by atoms with Gasteiger partial charge in [0, 0.05) is 13.6 Å². The minimum Gasteiger partial charge on any atom is -0.480 e. The van der Waals surface area contributed by atoms with Crippen molar-refractivity contribution in [3.05, 3.63) is 0 Å². The van der Waals surface area contributed by atoms with E-state index in [0.717, 1.165) is 0 Å². The maximum Gasteiger partial charge on any atom is 0.323 e. The van der Waals surface area contributed by atoms with E-state index in [9.17, 15) is 4.79 Å². The van der Waals surface area contributed by atoms with Crippen LogP contribution >= 0.6 is 0 Å². The zero-order chi connectivity index (χ0) is 11.9. The SMILES string of the molecule is CC[C@](N)(CCCNC(N)=NC)C(=O)O. The van der Waals surface area contributed by atoms with Gasteiger partial charge in [-0.2, -0.15) is 0 Å². The zero-order valence-electron chi connectivity index (χ0n) is 9.29. The van der Waals surface area contributed by atoms with Gasteiger partial charge < -0.3 is 21.9 Å². The van der Waals surface area contributed by atoms with Crippen molar-refractivity contribution in [2.45, 2.75) is 31.7 Å². The Bertz CT molecular complexity index is 242. The van der Waals surface area contributed by atoms with Crippen LogP contribution in [0.2, 0.25) is 0 Å². The Hall–Kier alpha value is -1.30. The first-order valence-corrected chi connectivity index (χ1v) is 4.94. The maximum atomic E-state index is 10.8. The molecule has 0 heterocycles. The molecule has 6 heteroatoms. The highest BCUT2D eigenvalue weighted by atomic mass is 16.4. The van der Waals surface area contributed by atoms with Crippen molar-refractivity contribution in [1.82, 2.24) is 5.32 Å². The van der Waals surface area contributed by atoms with Crippen LogP contribution in [0.5, 0.6) is 0 Å². The van der Waals surface area contributed by atoms with Gasteiger partial charge in [0.05, 0.1) is 0 Å². The summed E-state index contributed by atoms with van der Waals surface area (Å²) in [7, 11) is 1.58. The lowest BCUT2D eigenvalue weighted by Gasteiger charge is -2.22. The van der Waals surface area contributed by atoms with Gasteiger partial charge in [-0.25, -0.2) is 0 Å². The van der Waals surface area contributed by atoms with E-state index in [-0.39, 0.29) is 0 Å². The average Bonchev–Trinajstić information content (AvgIpc) is 2.23. The van der Waals surface area contributed by atoms with Crippen LogP contribution in [0, 0.1) is 0 Å². The van der Waals surface area contributed by atoms with E-state index in [0.29, 0.717) is 31.8 Å². The smallest absolute Gasteiger partial charge is 0.323 e. The molecule has 6 N–H and O–H groups in total. The number of carboxylic acid groups (broad SMARTS) is 1. The summed E-state index contributed by atoms with van der Waals surface area (Å²) in [5, 5.41) is 11.7. The molecule has 0 aliphatic rings. The van der Waals surface area contributed by atoms with Crippen LogP contribution in [0.25, 0.3) is 0 Å². The van der Waals surface area contributed by atoms with Crippen LogP contribution < -0.4 is 16.8 Å². The topological polar surface area (TPSA) is 114 Å². The normalized spacial score (nSPS) is 15.8. The van der Waals surface area contributed by atoms with Crippen LogP contribution in [-0.2, 0) is 4.79 Å². The third-order valence-corrected chi connectivity index (χ3v) is 2.40. The summed E-state index contributed by atoms with van der Waals surface area (Å²) in [6.07, 6.45) is 1.48. The Labute approximate surface area is 89.7 Å². The molecule has 0 unspecified atom stereocenters. The summed E-state index contributed by atoms with van der Waals surface area (Å²) in [6, 6.07) is 0. The van der Waals surface area contributed by atoms with Gasteiger partial charge in [-0.1, -0.05) is 6.92 Å². The zero-order valence-corrected chi connectivity index (χ0v) is 9.29. The Balaban J connectivity index is 3.88. The lowest BCUT2D eigenvalue weighted by Crippen LogP contribution is -2.47. The summed E-state index contributed by atoms with van der Waals surface area (Å²) in [4.78, 5) is 14.6. The van der Waals surface area contributed by atoms with E-state index in [1.54, 1.807) is 14.0 Å². The molecule has 0 fully saturated rings. The number of hydrogen-bond donors (Lipinski definition) is 4. The van der Waals surface area contributed by atoms with Crippen molar-refractivity contribution < 1.29 is 9.90 Å². The number of aliphatic imine (C=N–C) groups is 1. The largest absolute Gasteiger partial charge is 0.480 e. The fraction of sp³-hybridized carbons (Fsp3) is 0.778. The summed E-state index contributed by atoms with van der Waals surface area (Å²) in [6.45, 7) is 2.35. The van der Waals surface area contributed by atoms with Gasteiger partial charge in [-0.3, -0.25) is 9.79 Å². The molecule has 15 heavy (non-hydrogen) atoms. The quantitative estimate of drug-likeness (QED) is 0.271. The molecular weight excluding hydrogens is 196 g/mol. The first-order valence-electron chi connectivity index (χ1n) is 4.94. The Morgan fingerprint density at radius 1 is 1.60 bits per heavy atom. The molecule has 0 spiro atoms. The van der Waals surface area contributed by atoms with E-state index in [4.69, 9.17) is 16.6 Å². The Morgan fingerprint density at radius 3 is 2.60 bits per heavy atom. The number of nitrogens with one attached hydrogen (secondary N) is 1. The number of aliphatic carboxylic acids is 1. The van der Waals surface area contributed by atoms with Gasteiger partial charge in [0.2, 0.25) is 0 Å². The molecule has 1 atom stereocenters. The van der Waals surface area contributed by atoms with Gasteiger partial charge >= 0.3 is 5.97 Å². The van der Waals surface area contributed by atoms with Gasteiger partial charge in [-0.05, 0) is 19.3 Å². The highest BCUT2D eigenvalue weighted by Crippen LogP contribution is 2.13. The van der Waals surface area contributed by atoms with E-state index < -0.39 is 11.5 Å². The number of carbonyl (C=O) groups is 1. The van der Waals surface area contributed by atoms with Crippen molar-refractivity contribution in [2.24, 2.45) is 16.5 Å². The highest BCUT2D eigenvalue weighted by molar-refractivity contribution is 5.78. The van der Waals surface area contributed by atoms with E-state index >= 15 is 0 Å². The summed E-state index contributed by atoms with van der Waals surface area (Å²) >= 11 is 0. The standard InChI is InChI=1S/C9H20N4O2/c1-3-9(11,7(14)15)5-4-6-13-8(10)12-2/h3-6,11H2,1-2H3,(H,14,15)(H3,10,12,13)/t9-/m0/s1. The second-order valence-electron chi connectivity index (χ2n) is 3.45. The minimum absolute atomic E-state index is 0.351. The molecule has 0 aromatic carbocycles. The second kappa shape index (κ2) is 6.23. The summed E-state index contributed by atoms with van der Waals surface area (Å²) in [5.74, 6) is -0.605. The predicted octanol–water partition coefficient (Wildman–Crippen LogP) is -0.507. The molecule has 0 aliphatic carbocycles. The van der Waals surface area contributed by atoms with E-state index in [2.05, 4.69) is 10.3 Å². The first kappa shape index (κ1) is 13.7. The molecule has 0 bridgehead atoms. The Morgan fingerprint density at radius 2 is 2.20 bits per heavy atom. The lowest BCUT2D eigenvalue weighted by molar-refractivity contribution is -0.143. The van der Waals surface area contributed by atoms with Gasteiger partial charge in [0.25, 0.3) is 0 Å². The fourth-order valence-electron chi connectivity index (χ4n) is 1.13. The van der Waals surface area contributed by atoms with Crippen molar-refractivity contribution in [2.75, 3.05) is 13.6 Å². The summed E-state index contributed by atoms with van der Waals surface area (Å²) in [5.41, 5.74) is 9.98. The molecule has 0 aliphatic heterocycles. The summed E-state index contributed by atoms with van der Waals surface area (Å²) < 4.78 is 0. The Kier molecular flexibility index (Phi) is 5.69. The van der Waals surface area contributed by atoms with Crippen LogP contribution in [0.1, 0.15) is 26.2 Å². The second-order valence-corrected chi connectivity index (χ2v) is 3.45. The number of rotatable bonds is 6. The van der Waals surface area contributed by atoms with E-state index in [1.165, 1.54) is 0 Å². The molecule has 0 rings (SSSR count). The number of nitrogens with two attached hydrogens (primary N) is 2. The van der Waals surface area contributed by atoms with Crippen LogP contribution in [0.15, 0.2) is 4.99 Å². The lowest BCUT2D eigenvalue weighted by atomic mass is 9.92. The monoisotopic (exact) mass is 216 g/mol. The third-order valence-electron chi connectivity index (χ3n) is 2.40.